The molecule has 1 saturated heterocycles. The molecule has 3 aliphatic rings. The van der Waals surface area contributed by atoms with Crippen LogP contribution in [0.15, 0.2) is 48.5 Å². The smallest absolute Gasteiger partial charge is 0.407 e. The molecule has 1 aliphatic heterocycles. The summed E-state index contributed by atoms with van der Waals surface area (Å²) >= 11 is 0. The summed E-state index contributed by atoms with van der Waals surface area (Å²) in [5, 5.41) is 12.6. The van der Waals surface area contributed by atoms with E-state index in [1.54, 1.807) is 6.92 Å². The van der Waals surface area contributed by atoms with Gasteiger partial charge < -0.3 is 20.1 Å². The van der Waals surface area contributed by atoms with Crippen molar-refractivity contribution in [1.82, 2.24) is 10.2 Å². The number of nitrogens with zero attached hydrogens (tertiary/aromatic N) is 1. The molecule has 184 valence electrons. The molecule has 0 spiro atoms. The van der Waals surface area contributed by atoms with Gasteiger partial charge in [-0.25, -0.2) is 9.59 Å². The van der Waals surface area contributed by atoms with Crippen molar-refractivity contribution in [1.29, 1.82) is 0 Å². The number of ether oxygens (including phenoxy) is 1. The van der Waals surface area contributed by atoms with Crippen molar-refractivity contribution in [2.75, 3.05) is 13.2 Å². The van der Waals surface area contributed by atoms with Crippen molar-refractivity contribution in [2.45, 2.75) is 62.9 Å². The zero-order valence-electron chi connectivity index (χ0n) is 20.0. The van der Waals surface area contributed by atoms with E-state index in [1.165, 1.54) is 16.0 Å². The molecule has 7 heteroatoms. The van der Waals surface area contributed by atoms with Crippen LogP contribution < -0.4 is 5.32 Å². The summed E-state index contributed by atoms with van der Waals surface area (Å²) in [6.45, 7) is 2.26. The normalized spacial score (nSPS) is 22.1. The van der Waals surface area contributed by atoms with Gasteiger partial charge in [-0.2, -0.15) is 0 Å². The Hall–Kier alpha value is -3.35. The second-order valence-corrected chi connectivity index (χ2v) is 10.2. The van der Waals surface area contributed by atoms with Gasteiger partial charge in [-0.05, 0) is 60.8 Å². The molecule has 0 aromatic heterocycles. The summed E-state index contributed by atoms with van der Waals surface area (Å²) in [5.74, 6) is -1.02. The molecular formula is C28H32N2O5. The highest BCUT2D eigenvalue weighted by Crippen LogP contribution is 2.44. The van der Waals surface area contributed by atoms with Gasteiger partial charge in [0, 0.05) is 24.9 Å². The van der Waals surface area contributed by atoms with Crippen molar-refractivity contribution in [3.05, 3.63) is 59.7 Å². The minimum atomic E-state index is -1.18. The number of carboxylic acid groups (broad SMARTS) is 1. The first-order chi connectivity index (χ1) is 16.9. The number of likely N-dealkylation sites (tertiary alicyclic amines) is 1. The first-order valence-corrected chi connectivity index (χ1v) is 12.5. The summed E-state index contributed by atoms with van der Waals surface area (Å²) in [5.41, 5.74) is 3.46. The number of aliphatic carboxylic acids is 1. The maximum Gasteiger partial charge on any atom is 0.407 e. The molecule has 35 heavy (non-hydrogen) atoms. The second-order valence-electron chi connectivity index (χ2n) is 10.2. The SMILES string of the molecule is C[C@@]1(C(=O)O)CCCN1C(=O)CC(NC(=O)OCC1c2ccccc2-c2ccccc21)C1CCC1. The number of carbonyl (C=O) groups excluding carboxylic acids is 2. The number of carbonyl (C=O) groups is 3. The highest BCUT2D eigenvalue weighted by molar-refractivity contribution is 5.88. The largest absolute Gasteiger partial charge is 0.480 e. The molecule has 2 atom stereocenters. The van der Waals surface area contributed by atoms with Crippen LogP contribution in [0.4, 0.5) is 4.79 Å². The first-order valence-electron chi connectivity index (χ1n) is 12.5. The van der Waals surface area contributed by atoms with Gasteiger partial charge in [-0.15, -0.1) is 0 Å². The fourth-order valence-corrected chi connectivity index (χ4v) is 5.85. The number of nitrogens with one attached hydrogen (secondary N) is 1. The van der Waals surface area contributed by atoms with Crippen LogP contribution in [-0.4, -0.2) is 52.7 Å². The Balaban J connectivity index is 1.24. The van der Waals surface area contributed by atoms with E-state index >= 15 is 0 Å². The van der Waals surface area contributed by atoms with Crippen molar-refractivity contribution in [3.63, 3.8) is 0 Å². The third-order valence-electron chi connectivity index (χ3n) is 8.16. The predicted molar refractivity (Wildman–Crippen MR) is 131 cm³/mol. The number of rotatable bonds is 7. The van der Waals surface area contributed by atoms with Gasteiger partial charge in [-0.1, -0.05) is 55.0 Å². The highest BCUT2D eigenvalue weighted by atomic mass is 16.5. The number of carboxylic acids is 1. The fourth-order valence-electron chi connectivity index (χ4n) is 5.85. The Morgan fingerprint density at radius 1 is 1.06 bits per heavy atom. The average Bonchev–Trinajstić information content (AvgIpc) is 3.36. The topological polar surface area (TPSA) is 95.9 Å². The van der Waals surface area contributed by atoms with E-state index in [9.17, 15) is 19.5 Å². The molecule has 2 N–H and O–H groups in total. The summed E-state index contributed by atoms with van der Waals surface area (Å²) in [7, 11) is 0. The van der Waals surface area contributed by atoms with E-state index in [-0.39, 0.29) is 36.8 Å². The number of hydrogen-bond acceptors (Lipinski definition) is 4. The van der Waals surface area contributed by atoms with Gasteiger partial charge in [0.05, 0.1) is 0 Å². The van der Waals surface area contributed by atoms with Crippen molar-refractivity contribution in [2.24, 2.45) is 5.92 Å². The predicted octanol–water partition coefficient (Wildman–Crippen LogP) is 4.55. The van der Waals surface area contributed by atoms with Crippen LogP contribution in [-0.2, 0) is 14.3 Å². The van der Waals surface area contributed by atoms with Gasteiger partial charge in [0.1, 0.15) is 12.1 Å². The highest BCUT2D eigenvalue weighted by Gasteiger charge is 2.46. The van der Waals surface area contributed by atoms with Crippen molar-refractivity contribution >= 4 is 18.0 Å². The lowest BCUT2D eigenvalue weighted by atomic mass is 9.78. The van der Waals surface area contributed by atoms with Gasteiger partial charge in [0.15, 0.2) is 0 Å². The Morgan fingerprint density at radius 3 is 2.26 bits per heavy atom. The number of amides is 2. The summed E-state index contributed by atoms with van der Waals surface area (Å²) in [4.78, 5) is 39.3. The average molecular weight is 477 g/mol. The maximum atomic E-state index is 13.1. The Labute approximate surface area is 205 Å². The van der Waals surface area contributed by atoms with E-state index < -0.39 is 17.6 Å². The summed E-state index contributed by atoms with van der Waals surface area (Å²) < 4.78 is 5.71. The van der Waals surface area contributed by atoms with Crippen LogP contribution in [0.25, 0.3) is 11.1 Å². The molecule has 2 aliphatic carbocycles. The molecule has 0 bridgehead atoms. The van der Waals surface area contributed by atoms with Crippen LogP contribution in [0, 0.1) is 5.92 Å². The Kier molecular flexibility index (Phi) is 6.26. The molecule has 2 fully saturated rings. The van der Waals surface area contributed by atoms with Crippen LogP contribution >= 0.6 is 0 Å². The van der Waals surface area contributed by atoms with E-state index in [0.29, 0.717) is 19.4 Å². The van der Waals surface area contributed by atoms with E-state index in [2.05, 4.69) is 29.6 Å². The van der Waals surface area contributed by atoms with E-state index in [4.69, 9.17) is 4.74 Å². The number of alkyl carbamates (subject to hydrolysis) is 1. The van der Waals surface area contributed by atoms with E-state index in [1.807, 2.05) is 24.3 Å². The zero-order valence-corrected chi connectivity index (χ0v) is 20.0. The third-order valence-corrected chi connectivity index (χ3v) is 8.16. The fraction of sp³-hybridized carbons (Fsp3) is 0.464. The molecule has 1 saturated carbocycles. The second kappa shape index (κ2) is 9.36. The van der Waals surface area contributed by atoms with E-state index in [0.717, 1.165) is 30.4 Å². The van der Waals surface area contributed by atoms with Crippen molar-refractivity contribution in [3.8, 4) is 11.1 Å². The zero-order chi connectivity index (χ0) is 24.6. The van der Waals surface area contributed by atoms with Gasteiger partial charge in [-0.3, -0.25) is 4.79 Å². The van der Waals surface area contributed by atoms with Crippen LogP contribution in [0.3, 0.4) is 0 Å². The Morgan fingerprint density at radius 2 is 1.69 bits per heavy atom. The first kappa shape index (κ1) is 23.4. The minimum absolute atomic E-state index is 0.0298. The molecule has 5 rings (SSSR count). The maximum absolute atomic E-state index is 13.1. The summed E-state index contributed by atoms with van der Waals surface area (Å²) in [6.07, 6.45) is 3.63. The third kappa shape index (κ3) is 4.28. The quantitative estimate of drug-likeness (QED) is 0.611. The number of benzene rings is 2. The minimum Gasteiger partial charge on any atom is -0.480 e. The van der Waals surface area contributed by atoms with Gasteiger partial charge >= 0.3 is 12.1 Å². The lowest BCUT2D eigenvalue weighted by Gasteiger charge is -2.37. The standard InChI is InChI=1S/C28H32N2O5/c1-28(26(32)33)14-7-15-30(28)25(31)16-24(18-8-6-9-18)29-27(34)35-17-23-21-12-4-2-10-19(21)20-11-3-5-13-22(20)23/h2-5,10-13,18,23-24H,6-9,14-17H2,1H3,(H,29,34)(H,32,33)/t24?,28-/m0/s1. The molecule has 1 heterocycles. The molecule has 2 aromatic carbocycles. The Bertz CT molecular complexity index is 1100. The molecule has 1 unspecified atom stereocenters. The van der Waals surface area contributed by atoms with Crippen LogP contribution in [0.1, 0.15) is 62.5 Å². The summed E-state index contributed by atoms with van der Waals surface area (Å²) in [6, 6.07) is 16.0. The molecule has 7 nitrogen and oxygen atoms in total. The van der Waals surface area contributed by atoms with Crippen LogP contribution in [0.2, 0.25) is 0 Å². The lowest BCUT2D eigenvalue weighted by Crippen LogP contribution is -2.53. The molecular weight excluding hydrogens is 444 g/mol. The van der Waals surface area contributed by atoms with Crippen molar-refractivity contribution < 1.29 is 24.2 Å². The molecule has 2 aromatic rings. The number of fused-ring (bicyclic) bond motifs is 3. The van der Waals surface area contributed by atoms with Crippen LogP contribution in [0.5, 0.6) is 0 Å². The lowest BCUT2D eigenvalue weighted by molar-refractivity contribution is -0.155. The van der Waals surface area contributed by atoms with Gasteiger partial charge in [0.2, 0.25) is 5.91 Å². The number of hydrogen-bond donors (Lipinski definition) is 2. The van der Waals surface area contributed by atoms with Gasteiger partial charge in [0.25, 0.3) is 0 Å². The molecule has 2 amide bonds. The molecule has 0 radical (unpaired) electrons. The monoisotopic (exact) mass is 476 g/mol.